The molecule has 34 heavy (non-hydrogen) atoms. The van der Waals surface area contributed by atoms with E-state index in [1.165, 1.54) is 18.3 Å². The molecule has 1 unspecified atom stereocenters. The van der Waals surface area contributed by atoms with E-state index in [0.717, 1.165) is 12.8 Å². The van der Waals surface area contributed by atoms with E-state index in [0.29, 0.717) is 17.9 Å². The first-order chi connectivity index (χ1) is 16.3. The summed E-state index contributed by atoms with van der Waals surface area (Å²) in [4.78, 5) is 17.3. The van der Waals surface area contributed by atoms with Crippen LogP contribution in [0.15, 0.2) is 71.9 Å². The molecule has 1 aromatic carbocycles. The highest BCUT2D eigenvalue weighted by Gasteiger charge is 2.45. The molecule has 0 saturated carbocycles. The first-order valence-electron chi connectivity index (χ1n) is 10.9. The van der Waals surface area contributed by atoms with Crippen LogP contribution >= 0.6 is 0 Å². The zero-order valence-corrected chi connectivity index (χ0v) is 19.7. The molecule has 1 atom stereocenters. The van der Waals surface area contributed by atoms with Crippen molar-refractivity contribution in [1.29, 1.82) is 0 Å². The predicted octanol–water partition coefficient (Wildman–Crippen LogP) is 2.98. The molecule has 0 aliphatic carbocycles. The zero-order valence-electron chi connectivity index (χ0n) is 18.8. The van der Waals surface area contributed by atoms with Crippen molar-refractivity contribution in [2.45, 2.75) is 36.1 Å². The highest BCUT2D eigenvalue weighted by atomic mass is 32.2. The van der Waals surface area contributed by atoms with Crippen molar-refractivity contribution >= 4 is 21.6 Å². The van der Waals surface area contributed by atoms with Gasteiger partial charge in [-0.2, -0.15) is 0 Å². The molecule has 0 fully saturated rings. The van der Waals surface area contributed by atoms with Crippen LogP contribution in [0.2, 0.25) is 0 Å². The number of ether oxygens (including phenoxy) is 1. The Balaban J connectivity index is 2.00. The minimum atomic E-state index is -4.20. The molecule has 0 radical (unpaired) electrons. The normalized spacial score (nSPS) is 13.1. The summed E-state index contributed by atoms with van der Waals surface area (Å²) in [6.45, 7) is 2.31. The van der Waals surface area contributed by atoms with Crippen LogP contribution in [0, 0.1) is 0 Å². The number of nitrogens with zero attached hydrogens (tertiary/aromatic N) is 2. The maximum atomic E-state index is 13.7. The average molecular weight is 485 g/mol. The summed E-state index contributed by atoms with van der Waals surface area (Å²) in [7, 11) is -4.20. The zero-order chi connectivity index (χ0) is 24.6. The number of carboxylic acid groups (broad SMARTS) is 1. The monoisotopic (exact) mass is 484 g/mol. The van der Waals surface area contributed by atoms with Gasteiger partial charge in [0.2, 0.25) is 9.84 Å². The summed E-state index contributed by atoms with van der Waals surface area (Å²) in [5.74, 6) is -0.190. The highest BCUT2D eigenvalue weighted by Crippen LogP contribution is 2.33. The average Bonchev–Trinajstić information content (AvgIpc) is 2.84. The molecule has 0 aliphatic heterocycles. The first-order valence-corrected chi connectivity index (χ1v) is 12.3. The number of rotatable bonds is 12. The van der Waals surface area contributed by atoms with Gasteiger partial charge in [0.15, 0.2) is 9.90 Å². The number of aliphatic carboxylic acids is 1. The third-order valence-electron chi connectivity index (χ3n) is 5.15. The van der Waals surface area contributed by atoms with Crippen molar-refractivity contribution in [1.82, 2.24) is 9.97 Å². The molecule has 0 saturated heterocycles. The van der Waals surface area contributed by atoms with E-state index < -0.39 is 20.7 Å². The highest BCUT2D eigenvalue weighted by molar-refractivity contribution is 7.92. The molecule has 0 aliphatic rings. The molecule has 4 N–H and O–H groups in total. The Bertz CT molecular complexity index is 1200. The van der Waals surface area contributed by atoms with Gasteiger partial charge in [-0.15, -0.1) is 0 Å². The smallest absolute Gasteiger partial charge is 0.322 e. The van der Waals surface area contributed by atoms with Gasteiger partial charge in [0.25, 0.3) is 0 Å². The minimum Gasteiger partial charge on any atom is -0.494 e. The van der Waals surface area contributed by atoms with Crippen LogP contribution in [0.25, 0.3) is 0 Å². The van der Waals surface area contributed by atoms with Gasteiger partial charge in [-0.05, 0) is 48.4 Å². The molecule has 180 valence electrons. The summed E-state index contributed by atoms with van der Waals surface area (Å²) in [5.41, 5.74) is 7.39. The van der Waals surface area contributed by atoms with Crippen LogP contribution in [0.5, 0.6) is 5.75 Å². The quantitative estimate of drug-likeness (QED) is 0.330. The fourth-order valence-corrected chi connectivity index (χ4v) is 4.87. The third kappa shape index (κ3) is 5.89. The number of carboxylic acids is 1. The lowest BCUT2D eigenvalue weighted by Gasteiger charge is -2.29. The Morgan fingerprint density at radius 3 is 2.53 bits per heavy atom. The van der Waals surface area contributed by atoms with Crippen LogP contribution in [0.3, 0.4) is 0 Å². The van der Waals surface area contributed by atoms with Gasteiger partial charge in [0.05, 0.1) is 12.3 Å². The van der Waals surface area contributed by atoms with Gasteiger partial charge in [-0.1, -0.05) is 37.6 Å². The molecular weight excluding hydrogens is 456 g/mol. The van der Waals surface area contributed by atoms with Crippen molar-refractivity contribution < 1.29 is 23.1 Å². The number of nitrogens with two attached hydrogens (primary N) is 1. The molecule has 2 heterocycles. The molecule has 3 rings (SSSR count). The second kappa shape index (κ2) is 11.1. The fourth-order valence-electron chi connectivity index (χ4n) is 3.29. The molecule has 0 bridgehead atoms. The maximum Gasteiger partial charge on any atom is 0.322 e. The van der Waals surface area contributed by atoms with E-state index in [1.54, 1.807) is 48.5 Å². The van der Waals surface area contributed by atoms with E-state index in [1.807, 2.05) is 0 Å². The van der Waals surface area contributed by atoms with Crippen molar-refractivity contribution in [3.05, 3.63) is 78.1 Å². The number of aromatic nitrogens is 2. The summed E-state index contributed by atoms with van der Waals surface area (Å²) >= 11 is 0. The second-order valence-corrected chi connectivity index (χ2v) is 9.89. The number of hydrogen-bond acceptors (Lipinski definition) is 8. The summed E-state index contributed by atoms with van der Waals surface area (Å²) < 4.78 is 33.1. The number of unbranched alkanes of at least 4 members (excludes halogenated alkanes) is 1. The van der Waals surface area contributed by atoms with Gasteiger partial charge in [0.1, 0.15) is 18.1 Å². The van der Waals surface area contributed by atoms with Crippen LogP contribution < -0.4 is 15.8 Å². The predicted molar refractivity (Wildman–Crippen MR) is 128 cm³/mol. The first kappa shape index (κ1) is 25.1. The van der Waals surface area contributed by atoms with Crippen LogP contribution in [-0.2, 0) is 25.9 Å². The molecule has 0 spiro atoms. The summed E-state index contributed by atoms with van der Waals surface area (Å²) in [6.07, 6.45) is 3.25. The van der Waals surface area contributed by atoms with Crippen molar-refractivity contribution in [2.24, 2.45) is 5.73 Å². The molecule has 10 heteroatoms. The Morgan fingerprint density at radius 1 is 1.12 bits per heavy atom. The SMILES string of the molecule is CCCCOc1ccc(CC(N)(c2cccc(NCC(=O)O)n2)S(=O)(=O)c2ccccn2)cc1. The number of carbonyl (C=O) groups is 1. The molecule has 2 aromatic heterocycles. The van der Waals surface area contributed by atoms with Gasteiger partial charge >= 0.3 is 5.97 Å². The van der Waals surface area contributed by atoms with E-state index in [2.05, 4.69) is 22.2 Å². The molecule has 3 aromatic rings. The van der Waals surface area contributed by atoms with Crippen molar-refractivity contribution in [3.8, 4) is 5.75 Å². The Labute approximate surface area is 198 Å². The number of pyridine rings is 2. The lowest BCUT2D eigenvalue weighted by Crippen LogP contribution is -2.47. The van der Waals surface area contributed by atoms with Gasteiger partial charge in [0, 0.05) is 12.6 Å². The standard InChI is InChI=1S/C24H28N4O5S/c1-2-3-15-33-19-12-10-18(11-13-19)16-24(25,34(31,32)22-9-4-5-14-26-22)20-7-6-8-21(28-20)27-17-23(29)30/h4-14H,2-3,15-17,25H2,1H3,(H,27,28)(H,29,30). The van der Waals surface area contributed by atoms with Crippen LogP contribution in [0.4, 0.5) is 5.82 Å². The van der Waals surface area contributed by atoms with Crippen LogP contribution in [0.1, 0.15) is 31.0 Å². The topological polar surface area (TPSA) is 144 Å². The molecule has 9 nitrogen and oxygen atoms in total. The van der Waals surface area contributed by atoms with Crippen molar-refractivity contribution in [2.75, 3.05) is 18.5 Å². The Kier molecular flexibility index (Phi) is 8.19. The Hall–Kier alpha value is -3.50. The largest absolute Gasteiger partial charge is 0.494 e. The number of anilines is 1. The van der Waals surface area contributed by atoms with Crippen LogP contribution in [-0.4, -0.2) is 42.6 Å². The number of sulfone groups is 1. The lowest BCUT2D eigenvalue weighted by atomic mass is 10.0. The minimum absolute atomic E-state index is 0.0665. The number of benzene rings is 1. The van der Waals surface area contributed by atoms with E-state index in [4.69, 9.17) is 15.6 Å². The van der Waals surface area contributed by atoms with E-state index in [9.17, 15) is 13.2 Å². The van der Waals surface area contributed by atoms with Crippen molar-refractivity contribution in [3.63, 3.8) is 0 Å². The number of hydrogen-bond donors (Lipinski definition) is 3. The van der Waals surface area contributed by atoms with Gasteiger partial charge in [-0.3, -0.25) is 4.79 Å². The van der Waals surface area contributed by atoms with Gasteiger partial charge in [-0.25, -0.2) is 18.4 Å². The molecular formula is C24H28N4O5S. The van der Waals surface area contributed by atoms with Gasteiger partial charge < -0.3 is 20.9 Å². The summed E-state index contributed by atoms with van der Waals surface area (Å²) in [5, 5.41) is 11.4. The lowest BCUT2D eigenvalue weighted by molar-refractivity contribution is -0.134. The fraction of sp³-hybridized carbons (Fsp3) is 0.292. The second-order valence-electron chi connectivity index (χ2n) is 7.74. The Morgan fingerprint density at radius 2 is 1.88 bits per heavy atom. The van der Waals surface area contributed by atoms with E-state index in [-0.39, 0.29) is 29.5 Å². The maximum absolute atomic E-state index is 13.7. The number of nitrogens with one attached hydrogen (secondary N) is 1. The summed E-state index contributed by atoms with van der Waals surface area (Å²) in [6, 6.07) is 16.3. The van der Waals surface area contributed by atoms with E-state index >= 15 is 0 Å². The molecule has 0 amide bonds. The third-order valence-corrected chi connectivity index (χ3v) is 7.26.